The van der Waals surface area contributed by atoms with Crippen LogP contribution in [0, 0.1) is 12.7 Å². The van der Waals surface area contributed by atoms with Gasteiger partial charge in [0, 0.05) is 49.4 Å². The first-order valence-electron chi connectivity index (χ1n) is 12.9. The third kappa shape index (κ3) is 6.77. The maximum atomic E-state index is 13.5. The van der Waals surface area contributed by atoms with Crippen LogP contribution in [0.4, 0.5) is 10.1 Å². The minimum absolute atomic E-state index is 0.169. The number of benzene rings is 1. The summed E-state index contributed by atoms with van der Waals surface area (Å²) in [5, 5.41) is 5.30. The molecular formula is C29H38FN5O3. The number of hydrogen-bond donors (Lipinski definition) is 3. The molecule has 3 N–H and O–H groups in total. The number of rotatable bonds is 6. The highest BCUT2D eigenvalue weighted by Gasteiger charge is 2.26. The summed E-state index contributed by atoms with van der Waals surface area (Å²) in [6, 6.07) is 3.93. The van der Waals surface area contributed by atoms with Gasteiger partial charge in [-0.1, -0.05) is 6.08 Å². The lowest BCUT2D eigenvalue weighted by Gasteiger charge is -2.22. The molecule has 8 nitrogen and oxygen atoms in total. The summed E-state index contributed by atoms with van der Waals surface area (Å²) in [6.45, 7) is 4.48. The van der Waals surface area contributed by atoms with Gasteiger partial charge in [0.25, 0.3) is 5.91 Å². The number of likely N-dealkylation sites (N-methyl/N-ethyl adjacent to an activating group) is 3. The standard InChI is InChI=1S/C18H17FN2O.C11H21N3O2/c1-10-12-4-2-3-5-15(12)20-17(10)9-14-13-8-11(19)6-7-16(13)21-18(14)22;1-9(11(16)12-2)14(5)10(15)7-6-8-13(3)4/h6-9,20H,2-5H2,1H3,(H,21,22);6-7,9H,8H2,1-5H3,(H,12,16)/b14-9-;7-6+. The molecule has 2 heterocycles. The normalized spacial score (nSPS) is 16.0. The van der Waals surface area contributed by atoms with Crippen LogP contribution in [0.2, 0.25) is 0 Å². The van der Waals surface area contributed by atoms with E-state index in [1.54, 1.807) is 33.2 Å². The van der Waals surface area contributed by atoms with Crippen molar-refractivity contribution >= 4 is 35.1 Å². The van der Waals surface area contributed by atoms with Crippen LogP contribution in [0.5, 0.6) is 0 Å². The molecule has 1 unspecified atom stereocenters. The lowest BCUT2D eigenvalue weighted by atomic mass is 9.95. The van der Waals surface area contributed by atoms with Crippen molar-refractivity contribution in [2.75, 3.05) is 40.1 Å². The number of halogens is 1. The van der Waals surface area contributed by atoms with Gasteiger partial charge in [0.05, 0.1) is 5.57 Å². The largest absolute Gasteiger partial charge is 0.358 e. The predicted molar refractivity (Wildman–Crippen MR) is 149 cm³/mol. The Balaban J connectivity index is 0.000000224. The molecule has 2 aromatic rings. The molecule has 0 fully saturated rings. The summed E-state index contributed by atoms with van der Waals surface area (Å²) in [5.41, 5.74) is 6.68. The highest BCUT2D eigenvalue weighted by molar-refractivity contribution is 6.34. The fraction of sp³-hybridized carbons (Fsp3) is 0.414. The van der Waals surface area contributed by atoms with Gasteiger partial charge in [0.2, 0.25) is 11.8 Å². The number of carbonyl (C=O) groups excluding carboxylic acids is 3. The van der Waals surface area contributed by atoms with Gasteiger partial charge >= 0.3 is 0 Å². The van der Waals surface area contributed by atoms with E-state index in [4.69, 9.17) is 0 Å². The van der Waals surface area contributed by atoms with Gasteiger partial charge in [-0.05, 0) is 89.0 Å². The van der Waals surface area contributed by atoms with E-state index in [0.29, 0.717) is 23.4 Å². The van der Waals surface area contributed by atoms with Crippen LogP contribution in [0.25, 0.3) is 11.6 Å². The van der Waals surface area contributed by atoms with Gasteiger partial charge in [-0.3, -0.25) is 14.4 Å². The highest BCUT2D eigenvalue weighted by Crippen LogP contribution is 2.35. The zero-order valence-corrected chi connectivity index (χ0v) is 23.1. The summed E-state index contributed by atoms with van der Waals surface area (Å²) in [7, 11) is 7.01. The minimum Gasteiger partial charge on any atom is -0.358 e. The number of carbonyl (C=O) groups is 3. The van der Waals surface area contributed by atoms with Crippen molar-refractivity contribution in [1.29, 1.82) is 0 Å². The molecule has 2 aliphatic rings. The zero-order chi connectivity index (χ0) is 28.0. The molecule has 9 heteroatoms. The lowest BCUT2D eigenvalue weighted by molar-refractivity contribution is -0.134. The zero-order valence-electron chi connectivity index (χ0n) is 23.1. The monoisotopic (exact) mass is 523 g/mol. The maximum Gasteiger partial charge on any atom is 0.256 e. The van der Waals surface area contributed by atoms with Crippen LogP contribution >= 0.6 is 0 Å². The van der Waals surface area contributed by atoms with Crippen molar-refractivity contribution in [2.24, 2.45) is 0 Å². The molecule has 204 valence electrons. The first kappa shape index (κ1) is 28.8. The number of aryl methyl sites for hydroxylation is 1. The molecule has 1 aliphatic carbocycles. The molecule has 0 bridgehead atoms. The Labute approximate surface area is 224 Å². The van der Waals surface area contributed by atoms with E-state index in [1.807, 2.05) is 25.1 Å². The molecular weight excluding hydrogens is 485 g/mol. The van der Waals surface area contributed by atoms with Crippen LogP contribution in [0.1, 0.15) is 47.8 Å². The topological polar surface area (TPSA) is 97.5 Å². The van der Waals surface area contributed by atoms with Gasteiger partial charge in [-0.2, -0.15) is 0 Å². The van der Waals surface area contributed by atoms with E-state index in [2.05, 4.69) is 22.5 Å². The molecule has 4 rings (SSSR count). The molecule has 0 saturated carbocycles. The average Bonchev–Trinajstić information content (AvgIpc) is 3.38. The Morgan fingerprint density at radius 1 is 1.18 bits per heavy atom. The fourth-order valence-corrected chi connectivity index (χ4v) is 4.53. The number of anilines is 1. The Morgan fingerprint density at radius 3 is 2.55 bits per heavy atom. The maximum absolute atomic E-state index is 13.5. The van der Waals surface area contributed by atoms with Crippen molar-refractivity contribution in [3.8, 4) is 0 Å². The van der Waals surface area contributed by atoms with E-state index in [0.717, 1.165) is 18.5 Å². The van der Waals surface area contributed by atoms with Gasteiger partial charge in [-0.25, -0.2) is 4.39 Å². The third-order valence-corrected chi connectivity index (χ3v) is 6.95. The van der Waals surface area contributed by atoms with E-state index < -0.39 is 6.04 Å². The summed E-state index contributed by atoms with van der Waals surface area (Å²) >= 11 is 0. The third-order valence-electron chi connectivity index (χ3n) is 6.95. The second kappa shape index (κ2) is 12.7. The number of amides is 3. The number of aromatic amines is 1. The van der Waals surface area contributed by atoms with Crippen LogP contribution in [0.3, 0.4) is 0 Å². The molecule has 1 aromatic heterocycles. The van der Waals surface area contributed by atoms with E-state index in [9.17, 15) is 18.8 Å². The summed E-state index contributed by atoms with van der Waals surface area (Å²) in [6.07, 6.45) is 9.70. The van der Waals surface area contributed by atoms with Crippen molar-refractivity contribution < 1.29 is 18.8 Å². The molecule has 38 heavy (non-hydrogen) atoms. The number of aromatic nitrogens is 1. The second-order valence-electron chi connectivity index (χ2n) is 9.93. The highest BCUT2D eigenvalue weighted by atomic mass is 19.1. The molecule has 3 amide bonds. The molecule has 1 aromatic carbocycles. The molecule has 0 spiro atoms. The van der Waals surface area contributed by atoms with Crippen LogP contribution in [-0.2, 0) is 27.2 Å². The predicted octanol–water partition coefficient (Wildman–Crippen LogP) is 3.53. The Morgan fingerprint density at radius 2 is 1.89 bits per heavy atom. The average molecular weight is 524 g/mol. The SMILES string of the molecule is CNC(=O)C(C)N(C)C(=O)/C=C/CN(C)C.Cc1c(/C=C2\C(=O)Nc3ccc(F)cc32)[nH]c2c1CCCC2. The molecule has 1 atom stereocenters. The van der Waals surface area contributed by atoms with Crippen LogP contribution < -0.4 is 10.6 Å². The molecule has 0 saturated heterocycles. The Bertz CT molecular complexity index is 1260. The van der Waals surface area contributed by atoms with E-state index in [-0.39, 0.29) is 23.5 Å². The molecule has 1 aliphatic heterocycles. The quantitative estimate of drug-likeness (QED) is 0.505. The van der Waals surface area contributed by atoms with Gasteiger partial charge < -0.3 is 25.4 Å². The van der Waals surface area contributed by atoms with Crippen molar-refractivity contribution in [1.82, 2.24) is 20.1 Å². The van der Waals surface area contributed by atoms with Crippen LogP contribution in [0.15, 0.2) is 30.4 Å². The number of hydrogen-bond acceptors (Lipinski definition) is 4. The number of nitrogens with zero attached hydrogens (tertiary/aromatic N) is 2. The number of H-pyrrole nitrogens is 1. The van der Waals surface area contributed by atoms with Crippen molar-refractivity contribution in [2.45, 2.75) is 45.6 Å². The Hall–Kier alpha value is -3.72. The molecule has 0 radical (unpaired) electrons. The summed E-state index contributed by atoms with van der Waals surface area (Å²) in [5.74, 6) is -0.842. The van der Waals surface area contributed by atoms with Crippen LogP contribution in [-0.4, -0.2) is 73.3 Å². The fourth-order valence-electron chi connectivity index (χ4n) is 4.53. The van der Waals surface area contributed by atoms with Crippen molar-refractivity contribution in [3.63, 3.8) is 0 Å². The number of nitrogens with one attached hydrogen (secondary N) is 3. The lowest BCUT2D eigenvalue weighted by Crippen LogP contribution is -2.44. The first-order valence-corrected chi connectivity index (χ1v) is 12.9. The van der Waals surface area contributed by atoms with Gasteiger partial charge in [-0.15, -0.1) is 0 Å². The summed E-state index contributed by atoms with van der Waals surface area (Å²) in [4.78, 5) is 41.9. The van der Waals surface area contributed by atoms with Gasteiger partial charge in [0.15, 0.2) is 0 Å². The number of fused-ring (bicyclic) bond motifs is 2. The minimum atomic E-state index is -0.457. The smallest absolute Gasteiger partial charge is 0.256 e. The Kier molecular flexibility index (Phi) is 9.63. The van der Waals surface area contributed by atoms with E-state index in [1.165, 1.54) is 52.8 Å². The summed E-state index contributed by atoms with van der Waals surface area (Å²) < 4.78 is 13.5. The van der Waals surface area contributed by atoms with E-state index >= 15 is 0 Å². The second-order valence-corrected chi connectivity index (χ2v) is 9.93. The van der Waals surface area contributed by atoms with Gasteiger partial charge in [0.1, 0.15) is 11.9 Å². The first-order chi connectivity index (χ1) is 18.0. The van der Waals surface area contributed by atoms with Crippen molar-refractivity contribution in [3.05, 3.63) is 64.2 Å².